The fourth-order valence-electron chi connectivity index (χ4n) is 2.13. The van der Waals surface area contributed by atoms with Crippen LogP contribution < -0.4 is 15.4 Å². The molecule has 1 aromatic heterocycles. The number of aromatic nitrogens is 2. The fourth-order valence-corrected chi connectivity index (χ4v) is 2.13. The molecule has 1 aromatic carbocycles. The molecule has 0 radical (unpaired) electrons. The maximum atomic E-state index is 5.16. The second-order valence-electron chi connectivity index (χ2n) is 5.31. The van der Waals surface area contributed by atoms with E-state index in [9.17, 15) is 0 Å². The Kier molecular flexibility index (Phi) is 9.90. The first-order chi connectivity index (χ1) is 11.7. The molecule has 7 nitrogen and oxygen atoms in total. The van der Waals surface area contributed by atoms with Crippen molar-refractivity contribution in [3.63, 3.8) is 0 Å². The van der Waals surface area contributed by atoms with E-state index >= 15 is 0 Å². The molecule has 0 aliphatic heterocycles. The highest BCUT2D eigenvalue weighted by molar-refractivity contribution is 14.0. The number of hydrogen-bond donors (Lipinski definition) is 2. The third-order valence-corrected chi connectivity index (χ3v) is 3.35. The number of hydrogen-bond acceptors (Lipinski definition) is 5. The van der Waals surface area contributed by atoms with Crippen LogP contribution in [0.1, 0.15) is 30.6 Å². The smallest absolute Gasteiger partial charge is 0.226 e. The Labute approximate surface area is 165 Å². The van der Waals surface area contributed by atoms with Crippen LogP contribution >= 0.6 is 24.0 Å². The summed E-state index contributed by atoms with van der Waals surface area (Å²) in [4.78, 5) is 8.78. The summed E-state index contributed by atoms with van der Waals surface area (Å²) in [5.41, 5.74) is 1.13. The number of methoxy groups -OCH3 is 1. The Hall–Kier alpha value is -1.84. The molecule has 0 spiro atoms. The zero-order chi connectivity index (χ0) is 17.2. The van der Waals surface area contributed by atoms with Gasteiger partial charge in [-0.3, -0.25) is 0 Å². The zero-order valence-corrected chi connectivity index (χ0v) is 17.2. The standard InChI is InChI=1S/C17H25N5O2.HI/c1-4-18-17(19-11-5-6-16-21-13(2)22-24-16)20-12-14-7-9-15(23-3)10-8-14;/h7-10H,4-6,11-12H2,1-3H3,(H2,18,19,20);1H. The highest BCUT2D eigenvalue weighted by Crippen LogP contribution is 2.11. The lowest BCUT2D eigenvalue weighted by Crippen LogP contribution is -2.37. The van der Waals surface area contributed by atoms with Gasteiger partial charge in [0.1, 0.15) is 5.75 Å². The molecular formula is C17H26IN5O2. The molecule has 0 saturated carbocycles. The van der Waals surface area contributed by atoms with Crippen molar-refractivity contribution in [1.82, 2.24) is 20.8 Å². The van der Waals surface area contributed by atoms with E-state index in [2.05, 4.69) is 25.8 Å². The quantitative estimate of drug-likeness (QED) is 0.273. The van der Waals surface area contributed by atoms with E-state index in [1.807, 2.05) is 38.1 Å². The maximum absolute atomic E-state index is 5.16. The Morgan fingerprint density at radius 2 is 2.00 bits per heavy atom. The van der Waals surface area contributed by atoms with Crippen molar-refractivity contribution >= 4 is 29.9 Å². The third-order valence-electron chi connectivity index (χ3n) is 3.35. The van der Waals surface area contributed by atoms with Crippen LogP contribution in [-0.4, -0.2) is 36.3 Å². The van der Waals surface area contributed by atoms with Gasteiger partial charge < -0.3 is 19.9 Å². The summed E-state index contributed by atoms with van der Waals surface area (Å²) in [6.07, 6.45) is 1.65. The molecule has 0 aliphatic rings. The average molecular weight is 459 g/mol. The van der Waals surface area contributed by atoms with Gasteiger partial charge in [0, 0.05) is 19.5 Å². The Bertz CT molecular complexity index is 643. The van der Waals surface area contributed by atoms with Crippen molar-refractivity contribution in [2.45, 2.75) is 33.2 Å². The lowest BCUT2D eigenvalue weighted by atomic mass is 10.2. The van der Waals surface area contributed by atoms with Gasteiger partial charge in [-0.2, -0.15) is 4.98 Å². The van der Waals surface area contributed by atoms with Crippen LogP contribution in [0.3, 0.4) is 0 Å². The molecule has 2 N–H and O–H groups in total. The van der Waals surface area contributed by atoms with Crippen LogP contribution in [-0.2, 0) is 13.0 Å². The van der Waals surface area contributed by atoms with Crippen LogP contribution in [0, 0.1) is 6.92 Å². The number of nitrogens with one attached hydrogen (secondary N) is 2. The Morgan fingerprint density at radius 1 is 1.24 bits per heavy atom. The largest absolute Gasteiger partial charge is 0.497 e. The summed E-state index contributed by atoms with van der Waals surface area (Å²) in [6.45, 7) is 6.08. The van der Waals surface area contributed by atoms with E-state index in [-0.39, 0.29) is 24.0 Å². The van der Waals surface area contributed by atoms with E-state index in [1.165, 1.54) is 0 Å². The van der Waals surface area contributed by atoms with Gasteiger partial charge in [0.05, 0.1) is 13.7 Å². The van der Waals surface area contributed by atoms with Crippen molar-refractivity contribution in [2.75, 3.05) is 20.2 Å². The number of guanidine groups is 1. The van der Waals surface area contributed by atoms with E-state index in [0.29, 0.717) is 18.3 Å². The molecule has 0 fully saturated rings. The molecule has 0 unspecified atom stereocenters. The van der Waals surface area contributed by atoms with Crippen molar-refractivity contribution in [1.29, 1.82) is 0 Å². The topological polar surface area (TPSA) is 84.6 Å². The van der Waals surface area contributed by atoms with Crippen molar-refractivity contribution < 1.29 is 9.26 Å². The molecule has 0 aliphatic carbocycles. The molecule has 0 amide bonds. The highest BCUT2D eigenvalue weighted by atomic mass is 127. The Morgan fingerprint density at radius 3 is 2.60 bits per heavy atom. The van der Waals surface area contributed by atoms with E-state index in [0.717, 1.165) is 43.2 Å². The number of ether oxygens (including phenoxy) is 1. The first-order valence-electron chi connectivity index (χ1n) is 8.15. The molecule has 138 valence electrons. The van der Waals surface area contributed by atoms with Gasteiger partial charge >= 0.3 is 0 Å². The summed E-state index contributed by atoms with van der Waals surface area (Å²) in [5, 5.41) is 10.3. The minimum Gasteiger partial charge on any atom is -0.497 e. The lowest BCUT2D eigenvalue weighted by Gasteiger charge is -2.11. The SMILES string of the molecule is CCNC(=NCc1ccc(OC)cc1)NCCCc1nc(C)no1.I. The summed E-state index contributed by atoms with van der Waals surface area (Å²) in [5.74, 6) is 3.00. The molecule has 25 heavy (non-hydrogen) atoms. The average Bonchev–Trinajstić information content (AvgIpc) is 3.02. The van der Waals surface area contributed by atoms with Crippen molar-refractivity contribution in [3.05, 3.63) is 41.5 Å². The molecule has 0 bridgehead atoms. The van der Waals surface area contributed by atoms with E-state index in [1.54, 1.807) is 7.11 Å². The predicted octanol–water partition coefficient (Wildman–Crippen LogP) is 2.69. The summed E-state index contributed by atoms with van der Waals surface area (Å²) in [7, 11) is 1.66. The number of nitrogens with zero attached hydrogens (tertiary/aromatic N) is 3. The predicted molar refractivity (Wildman–Crippen MR) is 109 cm³/mol. The first-order valence-corrected chi connectivity index (χ1v) is 8.15. The lowest BCUT2D eigenvalue weighted by molar-refractivity contribution is 0.372. The molecule has 1 heterocycles. The van der Waals surface area contributed by atoms with Crippen LogP contribution in [0.2, 0.25) is 0 Å². The summed E-state index contributed by atoms with van der Waals surface area (Å²) < 4.78 is 10.3. The minimum absolute atomic E-state index is 0. The molecule has 0 atom stereocenters. The van der Waals surface area contributed by atoms with Crippen LogP contribution in [0.25, 0.3) is 0 Å². The third kappa shape index (κ3) is 7.72. The Balaban J connectivity index is 0.00000312. The van der Waals surface area contributed by atoms with E-state index in [4.69, 9.17) is 9.26 Å². The highest BCUT2D eigenvalue weighted by Gasteiger charge is 2.03. The van der Waals surface area contributed by atoms with Crippen molar-refractivity contribution in [2.24, 2.45) is 4.99 Å². The second kappa shape index (κ2) is 11.7. The number of aliphatic imine (C=N–C) groups is 1. The number of rotatable bonds is 8. The van der Waals surface area contributed by atoms with Gasteiger partial charge in [0.2, 0.25) is 5.89 Å². The molecule has 8 heteroatoms. The number of halogens is 1. The molecular weight excluding hydrogens is 433 g/mol. The van der Waals surface area contributed by atoms with Gasteiger partial charge in [0.15, 0.2) is 11.8 Å². The van der Waals surface area contributed by atoms with Crippen molar-refractivity contribution in [3.8, 4) is 5.75 Å². The fraction of sp³-hybridized carbons (Fsp3) is 0.471. The van der Waals surface area contributed by atoms with Gasteiger partial charge in [-0.25, -0.2) is 4.99 Å². The second-order valence-corrected chi connectivity index (χ2v) is 5.31. The number of aryl methyl sites for hydroxylation is 2. The normalized spacial score (nSPS) is 10.9. The minimum atomic E-state index is 0. The van der Waals surface area contributed by atoms with Gasteiger partial charge in [-0.15, -0.1) is 24.0 Å². The van der Waals surface area contributed by atoms with Crippen LogP contribution in [0.15, 0.2) is 33.8 Å². The van der Waals surface area contributed by atoms with Gasteiger partial charge in [0.25, 0.3) is 0 Å². The summed E-state index contributed by atoms with van der Waals surface area (Å²) >= 11 is 0. The molecule has 2 rings (SSSR count). The summed E-state index contributed by atoms with van der Waals surface area (Å²) in [6, 6.07) is 7.92. The first kappa shape index (κ1) is 21.2. The monoisotopic (exact) mass is 459 g/mol. The van der Waals surface area contributed by atoms with Gasteiger partial charge in [-0.05, 0) is 38.0 Å². The van der Waals surface area contributed by atoms with Crippen LogP contribution in [0.5, 0.6) is 5.75 Å². The molecule has 0 saturated heterocycles. The zero-order valence-electron chi connectivity index (χ0n) is 14.9. The van der Waals surface area contributed by atoms with Gasteiger partial charge in [-0.1, -0.05) is 17.3 Å². The maximum Gasteiger partial charge on any atom is 0.226 e. The molecule has 2 aromatic rings. The van der Waals surface area contributed by atoms with Crippen LogP contribution in [0.4, 0.5) is 0 Å². The number of benzene rings is 1. The van der Waals surface area contributed by atoms with E-state index < -0.39 is 0 Å².